The standard InChI is InChI=1S/C14H20N2OS/c1-4-5-12(13(15)18)16-14(17)11-8-9(2)6-7-10(11)3/h6-8,12H,4-5H2,1-3H3,(H2,15,18)(H,16,17). The number of nitrogens with one attached hydrogen (secondary N) is 1. The van der Waals surface area contributed by atoms with Gasteiger partial charge in [-0.3, -0.25) is 4.79 Å². The molecule has 0 saturated carbocycles. The van der Waals surface area contributed by atoms with Gasteiger partial charge in [-0.15, -0.1) is 0 Å². The molecule has 3 nitrogen and oxygen atoms in total. The van der Waals surface area contributed by atoms with E-state index < -0.39 is 0 Å². The topological polar surface area (TPSA) is 55.1 Å². The van der Waals surface area contributed by atoms with Crippen LogP contribution in [0.4, 0.5) is 0 Å². The van der Waals surface area contributed by atoms with E-state index in [9.17, 15) is 4.79 Å². The molecule has 1 aromatic carbocycles. The zero-order valence-corrected chi connectivity index (χ0v) is 11.9. The maximum atomic E-state index is 12.2. The Morgan fingerprint density at radius 2 is 2.11 bits per heavy atom. The molecule has 4 heteroatoms. The highest BCUT2D eigenvalue weighted by atomic mass is 32.1. The molecule has 0 heterocycles. The average molecular weight is 264 g/mol. The maximum absolute atomic E-state index is 12.2. The molecule has 0 saturated heterocycles. The second kappa shape index (κ2) is 6.50. The minimum Gasteiger partial charge on any atom is -0.392 e. The van der Waals surface area contributed by atoms with Gasteiger partial charge in [0.2, 0.25) is 0 Å². The maximum Gasteiger partial charge on any atom is 0.252 e. The van der Waals surface area contributed by atoms with Crippen LogP contribution in [0.2, 0.25) is 0 Å². The number of hydrogen-bond acceptors (Lipinski definition) is 2. The molecule has 3 N–H and O–H groups in total. The van der Waals surface area contributed by atoms with E-state index in [0.29, 0.717) is 10.6 Å². The zero-order chi connectivity index (χ0) is 13.7. The van der Waals surface area contributed by atoms with Gasteiger partial charge in [0.25, 0.3) is 5.91 Å². The fourth-order valence-corrected chi connectivity index (χ4v) is 1.97. The van der Waals surface area contributed by atoms with Crippen LogP contribution in [0.1, 0.15) is 41.3 Å². The third-order valence-corrected chi connectivity index (χ3v) is 3.15. The normalized spacial score (nSPS) is 11.9. The molecule has 98 valence electrons. The van der Waals surface area contributed by atoms with Crippen LogP contribution in [0, 0.1) is 13.8 Å². The molecule has 0 aliphatic heterocycles. The Hall–Kier alpha value is -1.42. The minimum absolute atomic E-state index is 0.109. The number of thiocarbonyl (C=S) groups is 1. The van der Waals surface area contributed by atoms with Crippen LogP contribution in [0.25, 0.3) is 0 Å². The summed E-state index contributed by atoms with van der Waals surface area (Å²) in [5, 5.41) is 2.90. The quantitative estimate of drug-likeness (QED) is 0.803. The lowest BCUT2D eigenvalue weighted by Gasteiger charge is -2.17. The minimum atomic E-state index is -0.225. The van der Waals surface area contributed by atoms with Crippen molar-refractivity contribution in [2.75, 3.05) is 0 Å². The number of benzene rings is 1. The molecule has 0 fully saturated rings. The molecule has 0 spiro atoms. The van der Waals surface area contributed by atoms with Crippen molar-refractivity contribution in [2.24, 2.45) is 5.73 Å². The Balaban J connectivity index is 2.86. The molecule has 0 bridgehead atoms. The van der Waals surface area contributed by atoms with E-state index in [1.165, 1.54) is 0 Å². The van der Waals surface area contributed by atoms with E-state index >= 15 is 0 Å². The highest BCUT2D eigenvalue weighted by Crippen LogP contribution is 2.11. The van der Waals surface area contributed by atoms with Gasteiger partial charge in [0, 0.05) is 5.56 Å². The first-order chi connectivity index (χ1) is 8.45. The first-order valence-electron chi connectivity index (χ1n) is 6.13. The van der Waals surface area contributed by atoms with Crippen LogP contribution in [0.5, 0.6) is 0 Å². The monoisotopic (exact) mass is 264 g/mol. The van der Waals surface area contributed by atoms with Crippen molar-refractivity contribution in [3.8, 4) is 0 Å². The number of carbonyl (C=O) groups excluding carboxylic acids is 1. The summed E-state index contributed by atoms with van der Waals surface area (Å²) in [6.45, 7) is 5.92. The first-order valence-corrected chi connectivity index (χ1v) is 6.54. The third kappa shape index (κ3) is 3.81. The molecule has 1 atom stereocenters. The van der Waals surface area contributed by atoms with E-state index in [2.05, 4.69) is 5.32 Å². The van der Waals surface area contributed by atoms with Crippen molar-refractivity contribution in [1.82, 2.24) is 5.32 Å². The molecule has 1 rings (SSSR count). The van der Waals surface area contributed by atoms with Crippen molar-refractivity contribution in [3.05, 3.63) is 34.9 Å². The molecular weight excluding hydrogens is 244 g/mol. The second-order valence-corrected chi connectivity index (χ2v) is 5.01. The molecule has 1 aromatic rings. The van der Waals surface area contributed by atoms with Gasteiger partial charge in [-0.2, -0.15) is 0 Å². The van der Waals surface area contributed by atoms with E-state index in [-0.39, 0.29) is 11.9 Å². The van der Waals surface area contributed by atoms with Gasteiger partial charge in [-0.25, -0.2) is 0 Å². The summed E-state index contributed by atoms with van der Waals surface area (Å²) in [7, 11) is 0. The van der Waals surface area contributed by atoms with Crippen LogP contribution in [0.15, 0.2) is 18.2 Å². The van der Waals surface area contributed by atoms with Crippen LogP contribution in [-0.2, 0) is 0 Å². The number of hydrogen-bond donors (Lipinski definition) is 2. The van der Waals surface area contributed by atoms with Gasteiger partial charge in [0.15, 0.2) is 0 Å². The molecule has 0 aliphatic rings. The van der Waals surface area contributed by atoms with Crippen molar-refractivity contribution in [1.29, 1.82) is 0 Å². The highest BCUT2D eigenvalue weighted by molar-refractivity contribution is 7.80. The van der Waals surface area contributed by atoms with Crippen molar-refractivity contribution < 1.29 is 4.79 Å². The molecular formula is C14H20N2OS. The van der Waals surface area contributed by atoms with Gasteiger partial charge in [-0.1, -0.05) is 43.3 Å². The van der Waals surface area contributed by atoms with Gasteiger partial charge in [0.1, 0.15) is 0 Å². The number of rotatable bonds is 5. The SMILES string of the molecule is CCCC(NC(=O)c1cc(C)ccc1C)C(N)=S. The van der Waals surface area contributed by atoms with Crippen molar-refractivity contribution >= 4 is 23.1 Å². The van der Waals surface area contributed by atoms with E-state index in [1.54, 1.807) is 0 Å². The molecule has 18 heavy (non-hydrogen) atoms. The molecule has 1 unspecified atom stereocenters. The predicted octanol–water partition coefficient (Wildman–Crippen LogP) is 2.49. The summed E-state index contributed by atoms with van der Waals surface area (Å²) >= 11 is 4.97. The lowest BCUT2D eigenvalue weighted by molar-refractivity contribution is 0.0945. The van der Waals surface area contributed by atoms with Crippen molar-refractivity contribution in [2.45, 2.75) is 39.7 Å². The van der Waals surface area contributed by atoms with E-state index in [4.69, 9.17) is 18.0 Å². The summed E-state index contributed by atoms with van der Waals surface area (Å²) in [6, 6.07) is 5.59. The van der Waals surface area contributed by atoms with Gasteiger partial charge in [-0.05, 0) is 31.9 Å². The zero-order valence-electron chi connectivity index (χ0n) is 11.1. The molecule has 0 aromatic heterocycles. The second-order valence-electron chi connectivity index (χ2n) is 4.54. The van der Waals surface area contributed by atoms with Gasteiger partial charge >= 0.3 is 0 Å². The Morgan fingerprint density at radius 3 is 2.67 bits per heavy atom. The number of amides is 1. The highest BCUT2D eigenvalue weighted by Gasteiger charge is 2.16. The smallest absolute Gasteiger partial charge is 0.252 e. The van der Waals surface area contributed by atoms with Gasteiger partial charge in [0.05, 0.1) is 11.0 Å². The molecule has 0 radical (unpaired) electrons. The fraction of sp³-hybridized carbons (Fsp3) is 0.429. The summed E-state index contributed by atoms with van der Waals surface area (Å²) in [4.78, 5) is 12.5. The van der Waals surface area contributed by atoms with Crippen molar-refractivity contribution in [3.63, 3.8) is 0 Å². The van der Waals surface area contributed by atoms with Crippen LogP contribution >= 0.6 is 12.2 Å². The summed E-state index contributed by atoms with van der Waals surface area (Å²) in [5.41, 5.74) is 8.34. The molecule has 1 amide bonds. The Morgan fingerprint density at radius 1 is 1.44 bits per heavy atom. The fourth-order valence-electron chi connectivity index (χ4n) is 1.79. The lowest BCUT2D eigenvalue weighted by atomic mass is 10.0. The van der Waals surface area contributed by atoms with Crippen LogP contribution in [-0.4, -0.2) is 16.9 Å². The van der Waals surface area contributed by atoms with Crippen LogP contribution in [0.3, 0.4) is 0 Å². The van der Waals surface area contributed by atoms with Crippen LogP contribution < -0.4 is 11.1 Å². The van der Waals surface area contributed by atoms with Gasteiger partial charge < -0.3 is 11.1 Å². The summed E-state index contributed by atoms with van der Waals surface area (Å²) in [5.74, 6) is -0.109. The Bertz CT molecular complexity index is 457. The Labute approximate surface area is 114 Å². The first kappa shape index (κ1) is 14.6. The Kier molecular flexibility index (Phi) is 5.28. The number of carbonyl (C=O) groups is 1. The van der Waals surface area contributed by atoms with E-state index in [0.717, 1.165) is 24.0 Å². The largest absolute Gasteiger partial charge is 0.392 e. The predicted molar refractivity (Wildman–Crippen MR) is 78.9 cm³/mol. The third-order valence-electron chi connectivity index (χ3n) is 2.86. The lowest BCUT2D eigenvalue weighted by Crippen LogP contribution is -2.43. The summed E-state index contributed by atoms with van der Waals surface area (Å²) in [6.07, 6.45) is 1.70. The van der Waals surface area contributed by atoms with E-state index in [1.807, 2.05) is 39.0 Å². The average Bonchev–Trinajstić information content (AvgIpc) is 2.31. The molecule has 0 aliphatic carbocycles. The summed E-state index contributed by atoms with van der Waals surface area (Å²) < 4.78 is 0. The number of aryl methyl sites for hydroxylation is 2. The number of nitrogens with two attached hydrogens (primary N) is 1.